The summed E-state index contributed by atoms with van der Waals surface area (Å²) >= 11 is 0. The zero-order valence-corrected chi connectivity index (χ0v) is 13.5. The third-order valence-electron chi connectivity index (χ3n) is 6.23. The zero-order chi connectivity index (χ0) is 15.1. The molecule has 1 atom stereocenters. The Morgan fingerprint density at radius 2 is 1.76 bits per heavy atom. The van der Waals surface area contributed by atoms with Crippen LogP contribution in [0, 0.1) is 16.7 Å². The van der Waals surface area contributed by atoms with Crippen molar-refractivity contribution in [2.45, 2.75) is 64.4 Å². The minimum Gasteiger partial charge on any atom is -0.388 e. The van der Waals surface area contributed by atoms with E-state index in [0.717, 1.165) is 58.0 Å². The quantitative estimate of drug-likeness (QED) is 0.744. The van der Waals surface area contributed by atoms with Gasteiger partial charge in [0.05, 0.1) is 5.60 Å². The maximum atomic E-state index is 12.3. The van der Waals surface area contributed by atoms with Crippen molar-refractivity contribution in [1.82, 2.24) is 10.6 Å². The summed E-state index contributed by atoms with van der Waals surface area (Å²) in [6.45, 7) is 7.05. The first-order valence-electron chi connectivity index (χ1n) is 8.55. The lowest BCUT2D eigenvalue weighted by atomic mass is 9.71. The average molecular weight is 294 g/mol. The molecule has 3 fully saturated rings. The fourth-order valence-electron chi connectivity index (χ4n) is 4.14. The number of aliphatic hydroxyl groups is 1. The lowest BCUT2D eigenvalue weighted by Gasteiger charge is -2.40. The average Bonchev–Trinajstić information content (AvgIpc) is 3.15. The second kappa shape index (κ2) is 5.24. The molecular weight excluding hydrogens is 264 g/mol. The number of piperidine rings is 1. The van der Waals surface area contributed by atoms with Gasteiger partial charge < -0.3 is 15.7 Å². The Balaban J connectivity index is 1.46. The molecule has 0 aromatic heterocycles. The minimum atomic E-state index is -0.679. The highest BCUT2D eigenvalue weighted by atomic mass is 16.3. The number of carbonyl (C=O) groups is 1. The zero-order valence-electron chi connectivity index (χ0n) is 13.5. The van der Waals surface area contributed by atoms with Gasteiger partial charge in [-0.05, 0) is 68.9 Å². The number of hydrogen-bond acceptors (Lipinski definition) is 3. The van der Waals surface area contributed by atoms with E-state index in [0.29, 0.717) is 12.0 Å². The molecule has 3 N–H and O–H groups in total. The van der Waals surface area contributed by atoms with Crippen LogP contribution in [0.2, 0.25) is 0 Å². The van der Waals surface area contributed by atoms with Crippen molar-refractivity contribution < 1.29 is 9.90 Å². The van der Waals surface area contributed by atoms with E-state index in [1.54, 1.807) is 0 Å². The van der Waals surface area contributed by atoms with Gasteiger partial charge in [0.1, 0.15) is 0 Å². The molecule has 0 aromatic carbocycles. The second-order valence-corrected chi connectivity index (χ2v) is 8.48. The van der Waals surface area contributed by atoms with Crippen molar-refractivity contribution >= 4 is 5.91 Å². The number of hydrogen-bond donors (Lipinski definition) is 3. The molecule has 21 heavy (non-hydrogen) atoms. The fourth-order valence-corrected chi connectivity index (χ4v) is 4.14. The van der Waals surface area contributed by atoms with E-state index in [1.165, 1.54) is 0 Å². The lowest BCUT2D eigenvalue weighted by Crippen LogP contribution is -2.47. The molecule has 1 heterocycles. The molecule has 4 heteroatoms. The Kier molecular flexibility index (Phi) is 3.81. The molecule has 2 aliphatic carbocycles. The normalized spacial score (nSPS) is 32.6. The van der Waals surface area contributed by atoms with Gasteiger partial charge in [0.2, 0.25) is 5.91 Å². The Labute approximate surface area is 128 Å². The molecule has 1 unspecified atom stereocenters. The van der Waals surface area contributed by atoms with Gasteiger partial charge in [-0.25, -0.2) is 0 Å². The molecule has 3 aliphatic rings. The van der Waals surface area contributed by atoms with Crippen LogP contribution in [0.4, 0.5) is 0 Å². The smallest absolute Gasteiger partial charge is 0.223 e. The third kappa shape index (κ3) is 3.26. The van der Waals surface area contributed by atoms with Crippen LogP contribution in [0.5, 0.6) is 0 Å². The van der Waals surface area contributed by atoms with Gasteiger partial charge in [-0.1, -0.05) is 13.8 Å². The molecule has 120 valence electrons. The molecular formula is C17H30N2O2. The highest BCUT2D eigenvalue weighted by molar-refractivity contribution is 5.82. The summed E-state index contributed by atoms with van der Waals surface area (Å²) in [6, 6.07) is 0. The number of amides is 1. The van der Waals surface area contributed by atoms with Gasteiger partial charge in [-0.2, -0.15) is 0 Å². The van der Waals surface area contributed by atoms with Crippen molar-refractivity contribution in [3.05, 3.63) is 0 Å². The van der Waals surface area contributed by atoms with Gasteiger partial charge >= 0.3 is 0 Å². The van der Waals surface area contributed by atoms with Crippen molar-refractivity contribution in [2.24, 2.45) is 16.7 Å². The third-order valence-corrected chi connectivity index (χ3v) is 6.23. The van der Waals surface area contributed by atoms with Crippen LogP contribution in [0.1, 0.15) is 58.8 Å². The van der Waals surface area contributed by atoms with Crippen LogP contribution in [-0.2, 0) is 4.79 Å². The van der Waals surface area contributed by atoms with E-state index < -0.39 is 5.60 Å². The van der Waals surface area contributed by atoms with Crippen LogP contribution in [0.25, 0.3) is 0 Å². The van der Waals surface area contributed by atoms with Crippen molar-refractivity contribution in [3.63, 3.8) is 0 Å². The highest BCUT2D eigenvalue weighted by Gasteiger charge is 2.57. The molecule has 1 aliphatic heterocycles. The van der Waals surface area contributed by atoms with Crippen molar-refractivity contribution in [2.75, 3.05) is 19.6 Å². The molecule has 0 aromatic rings. The Morgan fingerprint density at radius 3 is 2.38 bits per heavy atom. The van der Waals surface area contributed by atoms with Gasteiger partial charge in [0, 0.05) is 12.5 Å². The molecule has 1 saturated heterocycles. The van der Waals surface area contributed by atoms with E-state index in [4.69, 9.17) is 0 Å². The largest absolute Gasteiger partial charge is 0.388 e. The molecule has 2 saturated carbocycles. The second-order valence-electron chi connectivity index (χ2n) is 8.48. The van der Waals surface area contributed by atoms with Crippen LogP contribution in [0.3, 0.4) is 0 Å². The standard InChI is InChI=1S/C17H30N2O2/c1-15(2)3-5-17(21,6-4-15)12-19-14(20)13-11-16(13)7-9-18-10-8-16/h13,18,21H,3-12H2,1-2H3,(H,19,20). The summed E-state index contributed by atoms with van der Waals surface area (Å²) < 4.78 is 0. The SMILES string of the molecule is CC1(C)CCC(O)(CNC(=O)C2CC23CCNCC3)CC1. The summed E-state index contributed by atoms with van der Waals surface area (Å²) in [5.74, 6) is 0.374. The number of rotatable bonds is 3. The predicted molar refractivity (Wildman–Crippen MR) is 82.9 cm³/mol. The lowest BCUT2D eigenvalue weighted by molar-refractivity contribution is -0.125. The van der Waals surface area contributed by atoms with Crippen LogP contribution in [-0.4, -0.2) is 36.2 Å². The molecule has 0 bridgehead atoms. The molecule has 1 spiro atoms. The van der Waals surface area contributed by atoms with E-state index in [9.17, 15) is 9.90 Å². The first kappa shape index (κ1) is 15.3. The van der Waals surface area contributed by atoms with E-state index >= 15 is 0 Å². The van der Waals surface area contributed by atoms with E-state index in [-0.39, 0.29) is 17.2 Å². The monoisotopic (exact) mass is 294 g/mol. The predicted octanol–water partition coefficient (Wildman–Crippen LogP) is 1.82. The topological polar surface area (TPSA) is 61.4 Å². The van der Waals surface area contributed by atoms with Gasteiger partial charge in [-0.3, -0.25) is 4.79 Å². The van der Waals surface area contributed by atoms with Crippen LogP contribution >= 0.6 is 0 Å². The summed E-state index contributed by atoms with van der Waals surface area (Å²) in [6.07, 6.45) is 7.00. The first-order chi connectivity index (χ1) is 9.84. The van der Waals surface area contributed by atoms with E-state index in [1.807, 2.05) is 0 Å². The van der Waals surface area contributed by atoms with Crippen LogP contribution in [0.15, 0.2) is 0 Å². The summed E-state index contributed by atoms with van der Waals surface area (Å²) in [4.78, 5) is 12.3. The fraction of sp³-hybridized carbons (Fsp3) is 0.941. The summed E-state index contributed by atoms with van der Waals surface area (Å²) in [7, 11) is 0. The summed E-state index contributed by atoms with van der Waals surface area (Å²) in [5.41, 5.74) is -0.0558. The molecule has 3 rings (SSSR count). The summed E-state index contributed by atoms with van der Waals surface area (Å²) in [5, 5.41) is 17.0. The first-order valence-corrected chi connectivity index (χ1v) is 8.55. The maximum Gasteiger partial charge on any atom is 0.223 e. The highest BCUT2D eigenvalue weighted by Crippen LogP contribution is 2.58. The Bertz CT molecular complexity index is 403. The number of carbonyl (C=O) groups excluding carboxylic acids is 1. The van der Waals surface area contributed by atoms with Crippen molar-refractivity contribution in [3.8, 4) is 0 Å². The van der Waals surface area contributed by atoms with Gasteiger partial charge in [0.25, 0.3) is 0 Å². The van der Waals surface area contributed by atoms with Crippen molar-refractivity contribution in [1.29, 1.82) is 0 Å². The Hall–Kier alpha value is -0.610. The maximum absolute atomic E-state index is 12.3. The number of nitrogens with one attached hydrogen (secondary N) is 2. The molecule has 4 nitrogen and oxygen atoms in total. The van der Waals surface area contributed by atoms with Crippen LogP contribution < -0.4 is 10.6 Å². The molecule has 0 radical (unpaired) electrons. The Morgan fingerprint density at radius 1 is 1.14 bits per heavy atom. The minimum absolute atomic E-state index is 0.176. The molecule has 1 amide bonds. The van der Waals surface area contributed by atoms with E-state index in [2.05, 4.69) is 24.5 Å². The van der Waals surface area contributed by atoms with Gasteiger partial charge in [0.15, 0.2) is 0 Å². The van der Waals surface area contributed by atoms with Gasteiger partial charge in [-0.15, -0.1) is 0 Å².